The number of nitrogens with one attached hydrogen (secondary N) is 1. The molecular weight excluding hydrogens is 310 g/mol. The Morgan fingerprint density at radius 3 is 2.88 bits per heavy atom. The van der Waals surface area contributed by atoms with Gasteiger partial charge in [0.25, 0.3) is 0 Å². The number of fused-ring (bicyclic) bond motifs is 3. The smallest absolute Gasteiger partial charge is 0.223 e. The average molecular weight is 333 g/mol. The second-order valence-electron chi connectivity index (χ2n) is 7.48. The van der Waals surface area contributed by atoms with E-state index in [-0.39, 0.29) is 11.3 Å². The molecular formula is C21H23N3O. The number of aromatic nitrogens is 1. The first-order valence-electron chi connectivity index (χ1n) is 8.73. The molecule has 2 aromatic rings. The van der Waals surface area contributed by atoms with Crippen molar-refractivity contribution >= 4 is 17.7 Å². The molecule has 1 amide bonds. The molecule has 3 heterocycles. The van der Waals surface area contributed by atoms with Crippen molar-refractivity contribution in [3.63, 3.8) is 0 Å². The van der Waals surface area contributed by atoms with Crippen LogP contribution in [0.25, 0.3) is 6.08 Å². The molecule has 1 aromatic carbocycles. The first-order chi connectivity index (χ1) is 11.9. The van der Waals surface area contributed by atoms with Gasteiger partial charge in [0.2, 0.25) is 5.91 Å². The maximum Gasteiger partial charge on any atom is 0.223 e. The van der Waals surface area contributed by atoms with E-state index in [9.17, 15) is 4.79 Å². The Balaban J connectivity index is 1.87. The van der Waals surface area contributed by atoms with Gasteiger partial charge in [-0.05, 0) is 36.3 Å². The Morgan fingerprint density at radius 2 is 2.12 bits per heavy atom. The van der Waals surface area contributed by atoms with Crippen LogP contribution in [0.4, 0.5) is 5.69 Å². The summed E-state index contributed by atoms with van der Waals surface area (Å²) >= 11 is 0. The monoisotopic (exact) mass is 333 g/mol. The minimum atomic E-state index is -0.561. The number of hydrogen-bond acceptors (Lipinski definition) is 3. The summed E-state index contributed by atoms with van der Waals surface area (Å²) in [5, 5.41) is 3.30. The number of amides is 1. The van der Waals surface area contributed by atoms with Crippen molar-refractivity contribution in [2.24, 2.45) is 0 Å². The Labute approximate surface area is 148 Å². The number of hydrogen-bond donors (Lipinski definition) is 1. The minimum absolute atomic E-state index is 0.102. The average Bonchev–Trinajstić information content (AvgIpc) is 2.78. The summed E-state index contributed by atoms with van der Waals surface area (Å²) < 4.78 is 0. The van der Waals surface area contributed by atoms with Crippen molar-refractivity contribution in [3.8, 4) is 0 Å². The van der Waals surface area contributed by atoms with Gasteiger partial charge < -0.3 is 10.2 Å². The van der Waals surface area contributed by atoms with Gasteiger partial charge in [-0.2, -0.15) is 0 Å². The summed E-state index contributed by atoms with van der Waals surface area (Å²) in [6.45, 7) is 7.27. The second-order valence-corrected chi connectivity index (χ2v) is 7.48. The van der Waals surface area contributed by atoms with Crippen LogP contribution in [0.15, 0.2) is 48.8 Å². The Kier molecular flexibility index (Phi) is 3.46. The zero-order valence-electron chi connectivity index (χ0n) is 14.9. The third-order valence-corrected chi connectivity index (χ3v) is 5.59. The first-order valence-corrected chi connectivity index (χ1v) is 8.73. The van der Waals surface area contributed by atoms with Crippen LogP contribution in [0.3, 0.4) is 0 Å². The van der Waals surface area contributed by atoms with E-state index in [0.717, 1.165) is 12.1 Å². The Hall–Kier alpha value is -2.62. The predicted molar refractivity (Wildman–Crippen MR) is 100 cm³/mol. The lowest BCUT2D eigenvalue weighted by Crippen LogP contribution is -2.68. The first kappa shape index (κ1) is 15.9. The second kappa shape index (κ2) is 5.45. The molecule has 0 aliphatic carbocycles. The number of pyridine rings is 1. The largest absolute Gasteiger partial charge is 0.344 e. The van der Waals surface area contributed by atoms with Gasteiger partial charge in [0.1, 0.15) is 5.66 Å². The SMILES string of the molecule is Cc1ccc2c(c1)C(C)(C)C1(/C=C/c3cccnc3)NC(=O)CCN21. The van der Waals surface area contributed by atoms with Crippen LogP contribution in [-0.4, -0.2) is 23.1 Å². The van der Waals surface area contributed by atoms with Crippen LogP contribution >= 0.6 is 0 Å². The summed E-state index contributed by atoms with van der Waals surface area (Å²) in [5.41, 5.74) is 3.96. The Bertz CT molecular complexity index is 857. The molecule has 1 N–H and O–H groups in total. The standard InChI is InChI=1S/C21H23N3O/c1-15-6-7-18-17(13-15)20(2,3)21(23-19(25)9-12-24(18)21)10-8-16-5-4-11-22-14-16/h4-8,10-11,13-14H,9,12H2,1-3H3,(H,23,25)/b10-8+. The van der Waals surface area contributed by atoms with Gasteiger partial charge >= 0.3 is 0 Å². The topological polar surface area (TPSA) is 45.2 Å². The molecule has 1 aromatic heterocycles. The molecule has 4 nitrogen and oxygen atoms in total. The zero-order valence-corrected chi connectivity index (χ0v) is 14.9. The summed E-state index contributed by atoms with van der Waals surface area (Å²) in [6.07, 6.45) is 8.32. The van der Waals surface area contributed by atoms with E-state index in [1.807, 2.05) is 18.3 Å². The van der Waals surface area contributed by atoms with Crippen molar-refractivity contribution in [3.05, 3.63) is 65.5 Å². The lowest BCUT2D eigenvalue weighted by molar-refractivity contribution is -0.124. The molecule has 1 saturated heterocycles. The maximum absolute atomic E-state index is 12.3. The van der Waals surface area contributed by atoms with Crippen LogP contribution < -0.4 is 10.2 Å². The van der Waals surface area contributed by atoms with Gasteiger partial charge in [0, 0.05) is 36.5 Å². The third-order valence-electron chi connectivity index (χ3n) is 5.59. The van der Waals surface area contributed by atoms with Crippen LogP contribution in [0.1, 0.15) is 37.0 Å². The molecule has 1 fully saturated rings. The summed E-state index contributed by atoms with van der Waals surface area (Å²) in [5.74, 6) is 0.102. The van der Waals surface area contributed by atoms with Gasteiger partial charge in [-0.3, -0.25) is 9.78 Å². The van der Waals surface area contributed by atoms with Crippen molar-refractivity contribution < 1.29 is 4.79 Å². The normalized spacial score (nSPS) is 24.1. The number of carbonyl (C=O) groups excluding carboxylic acids is 1. The van der Waals surface area contributed by atoms with Crippen molar-refractivity contribution in [2.45, 2.75) is 38.3 Å². The van der Waals surface area contributed by atoms with E-state index < -0.39 is 5.66 Å². The lowest BCUT2D eigenvalue weighted by atomic mass is 9.74. The summed E-state index contributed by atoms with van der Waals surface area (Å²) in [6, 6.07) is 10.5. The highest BCUT2D eigenvalue weighted by Gasteiger charge is 2.57. The number of benzene rings is 1. The van der Waals surface area contributed by atoms with Crippen molar-refractivity contribution in [2.75, 3.05) is 11.4 Å². The number of anilines is 1. The molecule has 2 aliphatic rings. The zero-order chi connectivity index (χ0) is 17.7. The quantitative estimate of drug-likeness (QED) is 0.916. The fraction of sp³-hybridized carbons (Fsp3) is 0.333. The molecule has 2 aliphatic heterocycles. The highest BCUT2D eigenvalue weighted by atomic mass is 16.2. The van der Waals surface area contributed by atoms with E-state index in [4.69, 9.17) is 0 Å². The molecule has 25 heavy (non-hydrogen) atoms. The fourth-order valence-electron chi connectivity index (χ4n) is 4.16. The molecule has 4 heteroatoms. The van der Waals surface area contributed by atoms with Gasteiger partial charge in [-0.1, -0.05) is 43.7 Å². The van der Waals surface area contributed by atoms with Gasteiger partial charge in [0.05, 0.1) is 0 Å². The third kappa shape index (κ3) is 2.28. The molecule has 0 radical (unpaired) electrons. The van der Waals surface area contributed by atoms with E-state index in [2.05, 4.69) is 66.3 Å². The van der Waals surface area contributed by atoms with E-state index in [1.54, 1.807) is 6.20 Å². The van der Waals surface area contributed by atoms with Crippen LogP contribution in [-0.2, 0) is 10.2 Å². The van der Waals surface area contributed by atoms with E-state index in [0.29, 0.717) is 6.42 Å². The van der Waals surface area contributed by atoms with Gasteiger partial charge in [0.15, 0.2) is 0 Å². The summed E-state index contributed by atoms with van der Waals surface area (Å²) in [4.78, 5) is 18.9. The molecule has 0 bridgehead atoms. The molecule has 0 spiro atoms. The van der Waals surface area contributed by atoms with Crippen LogP contribution in [0.5, 0.6) is 0 Å². The molecule has 128 valence electrons. The number of carbonyl (C=O) groups is 1. The highest BCUT2D eigenvalue weighted by Crippen LogP contribution is 2.52. The lowest BCUT2D eigenvalue weighted by Gasteiger charge is -2.49. The van der Waals surface area contributed by atoms with E-state index in [1.165, 1.54) is 16.8 Å². The molecule has 1 atom stereocenters. The Morgan fingerprint density at radius 1 is 1.28 bits per heavy atom. The molecule has 4 rings (SSSR count). The minimum Gasteiger partial charge on any atom is -0.344 e. The predicted octanol–water partition coefficient (Wildman–Crippen LogP) is 3.42. The van der Waals surface area contributed by atoms with Crippen LogP contribution in [0.2, 0.25) is 0 Å². The van der Waals surface area contributed by atoms with Crippen LogP contribution in [0, 0.1) is 6.92 Å². The van der Waals surface area contributed by atoms with E-state index >= 15 is 0 Å². The summed E-state index contributed by atoms with van der Waals surface area (Å²) in [7, 11) is 0. The van der Waals surface area contributed by atoms with Gasteiger partial charge in [-0.15, -0.1) is 0 Å². The maximum atomic E-state index is 12.3. The number of aryl methyl sites for hydroxylation is 1. The van der Waals surface area contributed by atoms with Crippen molar-refractivity contribution in [1.29, 1.82) is 0 Å². The molecule has 0 saturated carbocycles. The van der Waals surface area contributed by atoms with Gasteiger partial charge in [-0.25, -0.2) is 0 Å². The highest BCUT2D eigenvalue weighted by molar-refractivity contribution is 5.84. The van der Waals surface area contributed by atoms with Crippen molar-refractivity contribution in [1.82, 2.24) is 10.3 Å². The molecule has 1 unspecified atom stereocenters. The fourth-order valence-corrected chi connectivity index (χ4v) is 4.16. The number of rotatable bonds is 2. The number of nitrogens with zero attached hydrogens (tertiary/aromatic N) is 2.